The van der Waals surface area contributed by atoms with Crippen molar-refractivity contribution in [3.8, 4) is 0 Å². The van der Waals surface area contributed by atoms with Gasteiger partial charge in [-0.3, -0.25) is 0 Å². The molecule has 0 bridgehead atoms. The fourth-order valence-corrected chi connectivity index (χ4v) is 1.87. The van der Waals surface area contributed by atoms with Crippen LogP contribution in [0.15, 0.2) is 0 Å². The third-order valence-electron chi connectivity index (χ3n) is 2.22. The van der Waals surface area contributed by atoms with Crippen LogP contribution >= 0.6 is 0 Å². The van der Waals surface area contributed by atoms with E-state index in [4.69, 9.17) is 4.74 Å². The zero-order valence-corrected chi connectivity index (χ0v) is 9.61. The number of nitrogens with one attached hydrogen (secondary N) is 1. The average molecular weight is 205 g/mol. The Morgan fingerprint density at radius 3 is 2.31 bits per heavy atom. The Morgan fingerprint density at radius 1 is 1.46 bits per heavy atom. The van der Waals surface area contributed by atoms with Gasteiger partial charge in [0.25, 0.3) is 0 Å². The predicted molar refractivity (Wildman–Crippen MR) is 54.8 cm³/mol. The molecule has 1 heterocycles. The maximum atomic E-state index is 11.7. The molecular formula is C9H19NO2S. The highest BCUT2D eigenvalue weighted by Gasteiger charge is 2.28. The second-order valence-electron chi connectivity index (χ2n) is 4.59. The van der Waals surface area contributed by atoms with Gasteiger partial charge in [-0.1, -0.05) is 0 Å². The first-order valence-electron chi connectivity index (χ1n) is 4.67. The summed E-state index contributed by atoms with van der Waals surface area (Å²) in [7, 11) is -0.961. The number of hydrogen-bond donors (Lipinski definition) is 1. The zero-order valence-electron chi connectivity index (χ0n) is 8.79. The minimum Gasteiger partial charge on any atom is -0.381 e. The van der Waals surface area contributed by atoms with Gasteiger partial charge in [0.15, 0.2) is 0 Å². The van der Waals surface area contributed by atoms with Crippen molar-refractivity contribution in [1.82, 2.24) is 4.72 Å². The van der Waals surface area contributed by atoms with Crippen molar-refractivity contribution in [3.63, 3.8) is 0 Å². The largest absolute Gasteiger partial charge is 0.381 e. The van der Waals surface area contributed by atoms with Crippen LogP contribution in [0.25, 0.3) is 0 Å². The molecule has 1 saturated heterocycles. The maximum absolute atomic E-state index is 11.7. The van der Waals surface area contributed by atoms with Gasteiger partial charge in [0, 0.05) is 12.0 Å². The van der Waals surface area contributed by atoms with Crippen LogP contribution in [-0.4, -0.2) is 28.2 Å². The summed E-state index contributed by atoms with van der Waals surface area (Å²) in [6.45, 7) is 9.59. The summed E-state index contributed by atoms with van der Waals surface area (Å²) in [5, 5.41) is 0. The molecular weight excluding hydrogens is 186 g/mol. The Bertz CT molecular complexity index is 196. The highest BCUT2D eigenvalue weighted by Crippen LogP contribution is 2.17. The van der Waals surface area contributed by atoms with Crippen LogP contribution < -0.4 is 4.72 Å². The number of ether oxygens (including phenoxy) is 1. The Hall–Kier alpha value is 0.0700. The molecule has 0 aromatic rings. The Balaban J connectivity index is 2.35. The van der Waals surface area contributed by atoms with Gasteiger partial charge in [0.1, 0.15) is 0 Å². The molecule has 1 fully saturated rings. The molecule has 0 spiro atoms. The van der Waals surface area contributed by atoms with Crippen molar-refractivity contribution in [1.29, 1.82) is 0 Å². The fraction of sp³-hybridized carbons (Fsp3) is 1.00. The van der Waals surface area contributed by atoms with E-state index in [1.54, 1.807) is 0 Å². The van der Waals surface area contributed by atoms with Crippen molar-refractivity contribution in [2.45, 2.75) is 38.5 Å². The molecule has 2 unspecified atom stereocenters. The van der Waals surface area contributed by atoms with Gasteiger partial charge in [-0.05, 0) is 27.7 Å². The molecule has 1 N–H and O–H groups in total. The van der Waals surface area contributed by atoms with E-state index in [1.165, 1.54) is 0 Å². The van der Waals surface area contributed by atoms with E-state index in [0.717, 1.165) is 13.2 Å². The monoisotopic (exact) mass is 205 g/mol. The molecule has 0 saturated carbocycles. The van der Waals surface area contributed by atoms with Crippen LogP contribution in [0.2, 0.25) is 0 Å². The van der Waals surface area contributed by atoms with Crippen molar-refractivity contribution in [2.24, 2.45) is 5.92 Å². The molecule has 4 heteroatoms. The Kier molecular flexibility index (Phi) is 3.49. The van der Waals surface area contributed by atoms with Gasteiger partial charge >= 0.3 is 0 Å². The van der Waals surface area contributed by atoms with Crippen LogP contribution in [0.5, 0.6) is 0 Å². The van der Waals surface area contributed by atoms with Crippen molar-refractivity contribution < 1.29 is 8.95 Å². The topological polar surface area (TPSA) is 38.3 Å². The predicted octanol–water partition coefficient (Wildman–Crippen LogP) is 1.07. The highest BCUT2D eigenvalue weighted by atomic mass is 32.2. The summed E-state index contributed by atoms with van der Waals surface area (Å²) < 4.78 is 19.7. The van der Waals surface area contributed by atoms with Crippen LogP contribution in [-0.2, 0) is 15.7 Å². The molecule has 1 rings (SSSR count). The van der Waals surface area contributed by atoms with Crippen LogP contribution in [0, 0.1) is 5.92 Å². The third-order valence-corrected chi connectivity index (χ3v) is 3.92. The van der Waals surface area contributed by atoms with E-state index < -0.39 is 11.0 Å². The molecule has 0 aromatic carbocycles. The summed E-state index contributed by atoms with van der Waals surface area (Å²) in [6.07, 6.45) is 0. The fourth-order valence-electron chi connectivity index (χ4n) is 0.984. The van der Waals surface area contributed by atoms with Crippen LogP contribution in [0.3, 0.4) is 0 Å². The molecule has 0 aliphatic carbocycles. The van der Waals surface area contributed by atoms with E-state index in [1.807, 2.05) is 20.8 Å². The molecule has 0 radical (unpaired) electrons. The summed E-state index contributed by atoms with van der Waals surface area (Å²) in [5.74, 6) is 0.534. The van der Waals surface area contributed by atoms with Gasteiger partial charge < -0.3 is 4.74 Å². The standard InChI is InChI=1S/C9H19NO2S/c1-7(8-5-12-6-8)10-13(11)9(2,3)4/h7-8,10H,5-6H2,1-4H3. The third kappa shape index (κ3) is 3.04. The van der Waals surface area contributed by atoms with Crippen LogP contribution in [0.4, 0.5) is 0 Å². The summed E-state index contributed by atoms with van der Waals surface area (Å²) in [4.78, 5) is 0. The first-order valence-corrected chi connectivity index (χ1v) is 5.82. The Morgan fingerprint density at radius 2 is 2.00 bits per heavy atom. The second kappa shape index (κ2) is 4.07. The van der Waals surface area contributed by atoms with Crippen molar-refractivity contribution in [3.05, 3.63) is 0 Å². The lowest BCUT2D eigenvalue weighted by Gasteiger charge is -2.33. The van der Waals surface area contributed by atoms with E-state index in [-0.39, 0.29) is 10.8 Å². The van der Waals surface area contributed by atoms with Crippen molar-refractivity contribution in [2.75, 3.05) is 13.2 Å². The lowest BCUT2D eigenvalue weighted by molar-refractivity contribution is -0.0431. The summed E-state index contributed by atoms with van der Waals surface area (Å²) >= 11 is 0. The second-order valence-corrected chi connectivity index (χ2v) is 6.58. The quantitative estimate of drug-likeness (QED) is 0.748. The lowest BCUT2D eigenvalue weighted by Crippen LogP contribution is -2.48. The van der Waals surface area contributed by atoms with E-state index in [2.05, 4.69) is 11.6 Å². The van der Waals surface area contributed by atoms with E-state index in [9.17, 15) is 4.21 Å². The minimum atomic E-state index is -0.961. The van der Waals surface area contributed by atoms with Crippen LogP contribution in [0.1, 0.15) is 27.7 Å². The molecule has 13 heavy (non-hydrogen) atoms. The SMILES string of the molecule is CC(NS(=O)C(C)(C)C)C1COC1. The van der Waals surface area contributed by atoms with Gasteiger partial charge in [-0.2, -0.15) is 0 Å². The first kappa shape index (κ1) is 11.1. The molecule has 2 atom stereocenters. The molecule has 1 aliphatic heterocycles. The maximum Gasteiger partial charge on any atom is 0.0972 e. The number of rotatable bonds is 3. The highest BCUT2D eigenvalue weighted by molar-refractivity contribution is 7.84. The average Bonchev–Trinajstić information content (AvgIpc) is 1.79. The normalized spacial score (nSPS) is 23.7. The molecule has 0 amide bonds. The van der Waals surface area contributed by atoms with Crippen molar-refractivity contribution >= 4 is 11.0 Å². The summed E-state index contributed by atoms with van der Waals surface area (Å²) in [6, 6.07) is 0.286. The zero-order chi connectivity index (χ0) is 10.1. The number of hydrogen-bond acceptors (Lipinski definition) is 2. The smallest absolute Gasteiger partial charge is 0.0972 e. The molecule has 1 aliphatic rings. The van der Waals surface area contributed by atoms with Gasteiger partial charge in [-0.15, -0.1) is 0 Å². The minimum absolute atomic E-state index is 0.182. The Labute approximate surface area is 82.8 Å². The molecule has 0 aromatic heterocycles. The molecule has 78 valence electrons. The van der Waals surface area contributed by atoms with E-state index in [0.29, 0.717) is 5.92 Å². The van der Waals surface area contributed by atoms with Gasteiger partial charge in [0.05, 0.1) is 28.9 Å². The van der Waals surface area contributed by atoms with E-state index >= 15 is 0 Å². The lowest BCUT2D eigenvalue weighted by atomic mass is 10.0. The van der Waals surface area contributed by atoms with Gasteiger partial charge in [0.2, 0.25) is 0 Å². The summed E-state index contributed by atoms with van der Waals surface area (Å²) in [5.41, 5.74) is 0. The van der Waals surface area contributed by atoms with Gasteiger partial charge in [-0.25, -0.2) is 8.93 Å². The molecule has 3 nitrogen and oxygen atoms in total. The first-order chi connectivity index (χ1) is 5.91.